The molecular formula is C20H21N7O5S. The van der Waals surface area contributed by atoms with Crippen molar-refractivity contribution in [2.75, 3.05) is 20.2 Å². The summed E-state index contributed by atoms with van der Waals surface area (Å²) in [6.45, 7) is 1.61. The lowest BCUT2D eigenvalue weighted by Gasteiger charge is -2.28. The molecule has 2 N–H and O–H groups in total. The van der Waals surface area contributed by atoms with Gasteiger partial charge in [-0.25, -0.2) is 35.6 Å². The Morgan fingerprint density at radius 3 is 2.67 bits per heavy atom. The van der Waals surface area contributed by atoms with Gasteiger partial charge in [-0.1, -0.05) is 17.7 Å². The molecule has 0 bridgehead atoms. The molecule has 1 aromatic heterocycles. The number of hydrogen-bond acceptors (Lipinski definition) is 10. The Morgan fingerprint density at radius 1 is 1.21 bits per heavy atom. The Morgan fingerprint density at radius 2 is 1.97 bits per heavy atom. The number of urea groups is 1. The van der Waals surface area contributed by atoms with E-state index in [-0.39, 0.29) is 24.1 Å². The van der Waals surface area contributed by atoms with Crippen LogP contribution >= 0.6 is 0 Å². The molecule has 5 rings (SSSR count). The van der Waals surface area contributed by atoms with Gasteiger partial charge in [-0.15, -0.1) is 0 Å². The van der Waals surface area contributed by atoms with Crippen LogP contribution in [0.15, 0.2) is 67.7 Å². The third-order valence-electron chi connectivity index (χ3n) is 5.44. The summed E-state index contributed by atoms with van der Waals surface area (Å²) in [5.74, 6) is 6.93. The number of hydrogen-bond donors (Lipinski definition) is 1. The molecule has 0 aliphatic carbocycles. The normalized spacial score (nSPS) is 20.0. The van der Waals surface area contributed by atoms with E-state index in [1.807, 2.05) is 6.92 Å². The van der Waals surface area contributed by atoms with Crippen LogP contribution < -0.4 is 5.84 Å². The van der Waals surface area contributed by atoms with Crippen LogP contribution in [-0.4, -0.2) is 73.0 Å². The van der Waals surface area contributed by atoms with Gasteiger partial charge in [-0.05, 0) is 31.2 Å². The Labute approximate surface area is 189 Å². The summed E-state index contributed by atoms with van der Waals surface area (Å²) in [6, 6.07) is 9.44. The molecule has 3 aliphatic heterocycles. The molecule has 0 saturated carbocycles. The van der Waals surface area contributed by atoms with Gasteiger partial charge in [0.1, 0.15) is 17.7 Å². The predicted octanol–water partition coefficient (Wildman–Crippen LogP) is 1.16. The fourth-order valence-electron chi connectivity index (χ4n) is 3.79. The number of benzene rings is 1. The van der Waals surface area contributed by atoms with Crippen molar-refractivity contribution < 1.29 is 21.8 Å². The van der Waals surface area contributed by atoms with Crippen molar-refractivity contribution in [1.82, 2.24) is 19.9 Å². The highest BCUT2D eigenvalue weighted by molar-refractivity contribution is 7.86. The van der Waals surface area contributed by atoms with Gasteiger partial charge in [0.25, 0.3) is 10.1 Å². The van der Waals surface area contributed by atoms with E-state index in [0.717, 1.165) is 5.56 Å². The lowest BCUT2D eigenvalue weighted by molar-refractivity contribution is 0.0841. The van der Waals surface area contributed by atoms with E-state index in [2.05, 4.69) is 9.98 Å². The number of nitrogens with two attached hydrogens (primary N) is 1. The zero-order valence-corrected chi connectivity index (χ0v) is 18.6. The number of nitrogens with zero attached hydrogens (tertiary/aromatic N) is 6. The summed E-state index contributed by atoms with van der Waals surface area (Å²) in [7, 11) is -2.37. The lowest BCUT2D eigenvalue weighted by Crippen LogP contribution is -2.44. The number of amides is 2. The van der Waals surface area contributed by atoms with E-state index >= 15 is 0 Å². The number of furan rings is 1. The van der Waals surface area contributed by atoms with Crippen molar-refractivity contribution in [2.24, 2.45) is 15.8 Å². The number of fused-ring (bicyclic) bond motifs is 3. The van der Waals surface area contributed by atoms with Crippen LogP contribution in [0.4, 0.5) is 4.79 Å². The van der Waals surface area contributed by atoms with Crippen molar-refractivity contribution in [2.45, 2.75) is 18.1 Å². The quantitative estimate of drug-likeness (QED) is 0.489. The van der Waals surface area contributed by atoms with Gasteiger partial charge in [-0.2, -0.15) is 8.42 Å². The summed E-state index contributed by atoms with van der Waals surface area (Å²) < 4.78 is 35.6. The minimum absolute atomic E-state index is 0.0129. The van der Waals surface area contributed by atoms with Crippen LogP contribution in [0.3, 0.4) is 0 Å². The number of carbonyl (C=O) groups is 1. The Hall–Kier alpha value is -3.68. The standard InChI is InChI=1S/C20H21N7O5S/c1-13-5-7-14(8-6-13)33(29,30)32-11-9-25-19-23-18-17(27(19)24(2)20(25)28)16(22-12-26(18)21)15-4-3-10-31-15/h3-8,10,12,19H,9,11,21H2,1-2H3. The predicted molar refractivity (Wildman–Crippen MR) is 117 cm³/mol. The SMILES string of the molecule is Cc1ccc(S(=O)(=O)OCCN2C(=O)N(C)N3C4=C(c5ccco5)N=CN(N)C4=NC23)cc1. The van der Waals surface area contributed by atoms with Crippen LogP contribution in [0.5, 0.6) is 0 Å². The molecule has 172 valence electrons. The second kappa shape index (κ2) is 7.72. The number of rotatable bonds is 6. The Bertz CT molecular complexity index is 1280. The average Bonchev–Trinajstić information content (AvgIpc) is 3.49. The van der Waals surface area contributed by atoms with Gasteiger partial charge < -0.3 is 4.42 Å². The zero-order valence-electron chi connectivity index (χ0n) is 17.8. The summed E-state index contributed by atoms with van der Waals surface area (Å²) in [5.41, 5.74) is 1.91. The number of carbonyl (C=O) groups excluding carboxylic acids is 1. The first-order valence-corrected chi connectivity index (χ1v) is 11.4. The lowest BCUT2D eigenvalue weighted by atomic mass is 10.2. The second-order valence-electron chi connectivity index (χ2n) is 7.56. The molecule has 33 heavy (non-hydrogen) atoms. The molecule has 2 aromatic rings. The third kappa shape index (κ3) is 3.46. The molecule has 12 nitrogen and oxygen atoms in total. The van der Waals surface area contributed by atoms with Crippen LogP contribution in [0.25, 0.3) is 5.70 Å². The van der Waals surface area contributed by atoms with Gasteiger partial charge in [-0.3, -0.25) is 9.08 Å². The average molecular weight is 471 g/mol. The van der Waals surface area contributed by atoms with Gasteiger partial charge in [0.15, 0.2) is 11.6 Å². The molecule has 0 radical (unpaired) electrons. The number of amidine groups is 1. The smallest absolute Gasteiger partial charge is 0.341 e. The van der Waals surface area contributed by atoms with E-state index in [1.54, 1.807) is 36.3 Å². The van der Waals surface area contributed by atoms with E-state index < -0.39 is 16.4 Å². The summed E-state index contributed by atoms with van der Waals surface area (Å²) in [6.07, 6.45) is 2.16. The zero-order chi connectivity index (χ0) is 23.3. The highest BCUT2D eigenvalue weighted by atomic mass is 32.2. The van der Waals surface area contributed by atoms with Crippen molar-refractivity contribution in [1.29, 1.82) is 0 Å². The fourth-order valence-corrected chi connectivity index (χ4v) is 4.69. The van der Waals surface area contributed by atoms with Gasteiger partial charge in [0, 0.05) is 7.05 Å². The number of aliphatic imine (C=N–C) groups is 2. The minimum atomic E-state index is -3.96. The molecule has 0 spiro atoms. The molecule has 1 fully saturated rings. The second-order valence-corrected chi connectivity index (χ2v) is 9.17. The maximum Gasteiger partial charge on any atom is 0.341 e. The molecule has 1 saturated heterocycles. The summed E-state index contributed by atoms with van der Waals surface area (Å²) in [4.78, 5) is 23.3. The van der Waals surface area contributed by atoms with E-state index in [1.165, 1.54) is 39.7 Å². The van der Waals surface area contributed by atoms with Gasteiger partial charge in [0.2, 0.25) is 6.29 Å². The van der Waals surface area contributed by atoms with Gasteiger partial charge in [0.05, 0.1) is 24.3 Å². The highest BCUT2D eigenvalue weighted by Crippen LogP contribution is 2.38. The molecule has 1 atom stereocenters. The molecule has 4 heterocycles. The van der Waals surface area contributed by atoms with E-state index in [0.29, 0.717) is 23.0 Å². The topological polar surface area (TPSA) is 137 Å². The van der Waals surface area contributed by atoms with E-state index in [9.17, 15) is 13.2 Å². The van der Waals surface area contributed by atoms with Crippen molar-refractivity contribution in [3.8, 4) is 0 Å². The molecule has 3 aliphatic rings. The van der Waals surface area contributed by atoms with E-state index in [4.69, 9.17) is 14.4 Å². The third-order valence-corrected chi connectivity index (χ3v) is 6.76. The molecule has 13 heteroatoms. The summed E-state index contributed by atoms with van der Waals surface area (Å²) >= 11 is 0. The maximum absolute atomic E-state index is 12.9. The minimum Gasteiger partial charge on any atom is -0.463 e. The fraction of sp³-hybridized carbons (Fsp3) is 0.250. The first-order chi connectivity index (χ1) is 15.8. The largest absolute Gasteiger partial charge is 0.463 e. The molecule has 1 unspecified atom stereocenters. The molecular weight excluding hydrogens is 450 g/mol. The van der Waals surface area contributed by atoms with Crippen LogP contribution in [-0.2, 0) is 14.3 Å². The first-order valence-electron chi connectivity index (χ1n) is 10.0. The monoisotopic (exact) mass is 471 g/mol. The molecule has 2 amide bonds. The Balaban J connectivity index is 1.38. The van der Waals surface area contributed by atoms with Crippen molar-refractivity contribution >= 4 is 34.0 Å². The number of aryl methyl sites for hydroxylation is 1. The highest BCUT2D eigenvalue weighted by Gasteiger charge is 2.51. The summed E-state index contributed by atoms with van der Waals surface area (Å²) in [5, 5.41) is 4.28. The van der Waals surface area contributed by atoms with Crippen LogP contribution in [0.2, 0.25) is 0 Å². The van der Waals surface area contributed by atoms with Crippen molar-refractivity contribution in [3.63, 3.8) is 0 Å². The molecule has 1 aromatic carbocycles. The van der Waals surface area contributed by atoms with Crippen LogP contribution in [0, 0.1) is 6.92 Å². The van der Waals surface area contributed by atoms with Crippen molar-refractivity contribution in [3.05, 3.63) is 59.7 Å². The van der Waals surface area contributed by atoms with Gasteiger partial charge >= 0.3 is 6.03 Å². The first kappa shape index (κ1) is 21.2. The maximum atomic E-state index is 12.9. The van der Waals surface area contributed by atoms with Crippen LogP contribution in [0.1, 0.15) is 11.3 Å². The Kier molecular flexibility index (Phi) is 4.96. The number of hydrazine groups is 2.